The van der Waals surface area contributed by atoms with Crippen LogP contribution >= 0.6 is 0 Å². The summed E-state index contributed by atoms with van der Waals surface area (Å²) in [5.41, 5.74) is 3.86. The van der Waals surface area contributed by atoms with Crippen molar-refractivity contribution in [1.29, 1.82) is 0 Å². The first-order chi connectivity index (χ1) is 16.8. The molecule has 0 bridgehead atoms. The van der Waals surface area contributed by atoms with Crippen LogP contribution in [0.1, 0.15) is 18.2 Å². The zero-order valence-corrected chi connectivity index (χ0v) is 20.7. The number of aryl methyl sites for hydroxylation is 4. The van der Waals surface area contributed by atoms with E-state index in [9.17, 15) is 0 Å². The lowest BCUT2D eigenvalue weighted by Gasteiger charge is -2.36. The SMILES string of the molecule is C=CC(=C)N1CCN(c2nn(C)c3c(F)c(-c4c(F)ccc5c(C)nn(CC)c45)c(C)cc23)CC1. The zero-order valence-electron chi connectivity index (χ0n) is 20.7. The van der Waals surface area contributed by atoms with Crippen molar-refractivity contribution in [2.45, 2.75) is 27.3 Å². The predicted octanol–water partition coefficient (Wildman–Crippen LogP) is 5.33. The van der Waals surface area contributed by atoms with Gasteiger partial charge in [-0.05, 0) is 50.6 Å². The van der Waals surface area contributed by atoms with Crippen LogP contribution in [0.25, 0.3) is 32.9 Å². The Balaban J connectivity index is 1.67. The third-order valence-corrected chi connectivity index (χ3v) is 7.06. The third kappa shape index (κ3) is 3.50. The highest BCUT2D eigenvalue weighted by molar-refractivity contribution is 6.01. The third-order valence-electron chi connectivity index (χ3n) is 7.06. The first-order valence-electron chi connectivity index (χ1n) is 11.9. The Hall–Kier alpha value is -3.68. The number of hydrogen-bond donors (Lipinski definition) is 0. The van der Waals surface area contributed by atoms with Crippen LogP contribution in [0.4, 0.5) is 14.6 Å². The number of aromatic nitrogens is 4. The molecule has 0 spiro atoms. The number of halogens is 2. The topological polar surface area (TPSA) is 42.1 Å². The van der Waals surface area contributed by atoms with E-state index in [4.69, 9.17) is 5.10 Å². The van der Waals surface area contributed by atoms with E-state index in [1.54, 1.807) is 28.6 Å². The molecule has 0 saturated carbocycles. The highest BCUT2D eigenvalue weighted by Crippen LogP contribution is 2.41. The largest absolute Gasteiger partial charge is 0.368 e. The molecule has 0 aliphatic carbocycles. The van der Waals surface area contributed by atoms with Crippen LogP contribution in [-0.4, -0.2) is 50.6 Å². The summed E-state index contributed by atoms with van der Waals surface area (Å²) in [5.74, 6) is -0.185. The first-order valence-corrected chi connectivity index (χ1v) is 11.9. The van der Waals surface area contributed by atoms with E-state index in [1.807, 2.05) is 26.8 Å². The van der Waals surface area contributed by atoms with E-state index < -0.39 is 11.6 Å². The summed E-state index contributed by atoms with van der Waals surface area (Å²) in [7, 11) is 1.74. The van der Waals surface area contributed by atoms with Gasteiger partial charge in [0.1, 0.15) is 11.3 Å². The molecule has 1 aliphatic rings. The number of fused-ring (bicyclic) bond motifs is 2. The number of nitrogens with zero attached hydrogens (tertiary/aromatic N) is 6. The average Bonchev–Trinajstić information content (AvgIpc) is 3.36. The second-order valence-corrected chi connectivity index (χ2v) is 9.12. The van der Waals surface area contributed by atoms with Crippen LogP contribution in [0.5, 0.6) is 0 Å². The van der Waals surface area contributed by atoms with Gasteiger partial charge in [-0.3, -0.25) is 9.36 Å². The zero-order chi connectivity index (χ0) is 25.0. The van der Waals surface area contributed by atoms with Crippen molar-refractivity contribution in [3.05, 3.63) is 66.0 Å². The molecular weight excluding hydrogens is 446 g/mol. The molecule has 1 saturated heterocycles. The summed E-state index contributed by atoms with van der Waals surface area (Å²) < 4.78 is 35.0. The van der Waals surface area contributed by atoms with E-state index >= 15 is 8.78 Å². The fraction of sp³-hybridized carbons (Fsp3) is 0.333. The smallest absolute Gasteiger partial charge is 0.158 e. The quantitative estimate of drug-likeness (QED) is 0.365. The molecule has 0 atom stereocenters. The molecule has 182 valence electrons. The lowest BCUT2D eigenvalue weighted by atomic mass is 9.95. The number of piperazine rings is 1. The summed E-state index contributed by atoms with van der Waals surface area (Å²) >= 11 is 0. The fourth-order valence-corrected chi connectivity index (χ4v) is 5.25. The van der Waals surface area contributed by atoms with Crippen molar-refractivity contribution < 1.29 is 8.78 Å². The standard InChI is InChI=1S/C27H30F2N6/c1-7-17(4)33-11-13-34(14-12-33)27-20-15-16(3)22(24(29)26(20)32(6)31-27)23-21(28)10-9-19-18(5)30-35(8-2)25(19)23/h7,9-10,15H,1,4,8,11-14H2,2-3,5-6H3. The molecular formula is C27H30F2N6. The van der Waals surface area contributed by atoms with E-state index in [1.165, 1.54) is 6.07 Å². The first kappa shape index (κ1) is 23.1. The van der Waals surface area contributed by atoms with Gasteiger partial charge in [-0.1, -0.05) is 13.2 Å². The minimum Gasteiger partial charge on any atom is -0.368 e. The van der Waals surface area contributed by atoms with Crippen molar-refractivity contribution in [1.82, 2.24) is 24.5 Å². The maximum absolute atomic E-state index is 16.3. The van der Waals surface area contributed by atoms with E-state index in [0.717, 1.165) is 54.2 Å². The number of rotatable bonds is 5. The molecule has 0 radical (unpaired) electrons. The molecule has 35 heavy (non-hydrogen) atoms. The van der Waals surface area contributed by atoms with Gasteiger partial charge in [0.25, 0.3) is 0 Å². The van der Waals surface area contributed by atoms with E-state index in [-0.39, 0.29) is 11.1 Å². The summed E-state index contributed by atoms with van der Waals surface area (Å²) in [6.45, 7) is 17.1. The Labute approximate surface area is 203 Å². The summed E-state index contributed by atoms with van der Waals surface area (Å²) in [4.78, 5) is 4.35. The van der Waals surface area contributed by atoms with Gasteiger partial charge in [-0.15, -0.1) is 0 Å². The van der Waals surface area contributed by atoms with Crippen LogP contribution in [0, 0.1) is 25.5 Å². The van der Waals surface area contributed by atoms with Crippen molar-refractivity contribution in [2.75, 3.05) is 31.1 Å². The van der Waals surface area contributed by atoms with Gasteiger partial charge in [-0.25, -0.2) is 8.78 Å². The maximum Gasteiger partial charge on any atom is 0.158 e. The molecule has 1 aliphatic heterocycles. The Morgan fingerprint density at radius 1 is 1.03 bits per heavy atom. The Morgan fingerprint density at radius 2 is 1.74 bits per heavy atom. The number of hydrogen-bond acceptors (Lipinski definition) is 4. The highest BCUT2D eigenvalue weighted by Gasteiger charge is 2.27. The van der Waals surface area contributed by atoms with Gasteiger partial charge in [0.15, 0.2) is 11.6 Å². The van der Waals surface area contributed by atoms with Crippen molar-refractivity contribution in [3.8, 4) is 11.1 Å². The summed E-state index contributed by atoms with van der Waals surface area (Å²) in [6, 6.07) is 5.06. The molecule has 2 aromatic heterocycles. The molecule has 6 nitrogen and oxygen atoms in total. The van der Waals surface area contributed by atoms with E-state index in [2.05, 4.69) is 28.1 Å². The molecule has 0 unspecified atom stereocenters. The summed E-state index contributed by atoms with van der Waals surface area (Å²) in [6.07, 6.45) is 1.76. The van der Waals surface area contributed by atoms with Crippen molar-refractivity contribution in [3.63, 3.8) is 0 Å². The molecule has 2 aromatic carbocycles. The molecule has 1 fully saturated rings. The van der Waals surface area contributed by atoms with Crippen LogP contribution in [0.3, 0.4) is 0 Å². The molecule has 4 aromatic rings. The molecule has 8 heteroatoms. The van der Waals surface area contributed by atoms with Crippen LogP contribution in [0.2, 0.25) is 0 Å². The maximum atomic E-state index is 16.3. The van der Waals surface area contributed by atoms with Gasteiger partial charge in [0.05, 0.1) is 11.2 Å². The highest BCUT2D eigenvalue weighted by atomic mass is 19.1. The lowest BCUT2D eigenvalue weighted by molar-refractivity contribution is 0.331. The molecule has 3 heterocycles. The minimum atomic E-state index is -0.465. The van der Waals surface area contributed by atoms with Crippen molar-refractivity contribution >= 4 is 27.6 Å². The Morgan fingerprint density at radius 3 is 2.40 bits per heavy atom. The fourth-order valence-electron chi connectivity index (χ4n) is 5.25. The minimum absolute atomic E-state index is 0.251. The number of benzene rings is 2. The second-order valence-electron chi connectivity index (χ2n) is 9.12. The summed E-state index contributed by atoms with van der Waals surface area (Å²) in [5, 5.41) is 10.8. The predicted molar refractivity (Wildman–Crippen MR) is 138 cm³/mol. The van der Waals surface area contributed by atoms with Gasteiger partial charge in [0, 0.05) is 67.4 Å². The lowest BCUT2D eigenvalue weighted by Crippen LogP contribution is -2.45. The number of anilines is 1. The van der Waals surface area contributed by atoms with Crippen molar-refractivity contribution in [2.24, 2.45) is 7.05 Å². The Bertz CT molecular complexity index is 1490. The second kappa shape index (κ2) is 8.52. The van der Waals surface area contributed by atoms with Gasteiger partial charge in [-0.2, -0.15) is 10.2 Å². The van der Waals surface area contributed by atoms with Gasteiger partial charge >= 0.3 is 0 Å². The van der Waals surface area contributed by atoms with Crippen LogP contribution in [-0.2, 0) is 13.6 Å². The van der Waals surface area contributed by atoms with Gasteiger partial charge in [0.2, 0.25) is 0 Å². The van der Waals surface area contributed by atoms with Crippen LogP contribution in [0.15, 0.2) is 43.1 Å². The normalized spacial score (nSPS) is 14.3. The molecule has 5 rings (SSSR count). The molecule has 0 amide bonds. The number of allylic oxidation sites excluding steroid dienone is 1. The monoisotopic (exact) mass is 476 g/mol. The van der Waals surface area contributed by atoms with Crippen LogP contribution < -0.4 is 4.90 Å². The Kier molecular flexibility index (Phi) is 5.62. The van der Waals surface area contributed by atoms with Gasteiger partial charge < -0.3 is 9.80 Å². The average molecular weight is 477 g/mol. The van der Waals surface area contributed by atoms with E-state index in [0.29, 0.717) is 23.1 Å². The molecule has 0 N–H and O–H groups in total.